The number of nitrogens with one attached hydrogen (secondary N) is 1. The van der Waals surface area contributed by atoms with Gasteiger partial charge >= 0.3 is 11.9 Å². The molecule has 0 unspecified atom stereocenters. The molecule has 5 aromatic carbocycles. The highest BCUT2D eigenvalue weighted by Crippen LogP contribution is 2.41. The molecule has 1 fully saturated rings. The lowest BCUT2D eigenvalue weighted by Gasteiger charge is -2.36. The minimum Gasteiger partial charge on any atom is -0.476 e. The number of rotatable bonds is 13. The van der Waals surface area contributed by atoms with Gasteiger partial charge in [0.2, 0.25) is 11.3 Å². The number of esters is 1. The van der Waals surface area contributed by atoms with Crippen LogP contribution >= 0.6 is 11.3 Å². The van der Waals surface area contributed by atoms with E-state index in [-0.39, 0.29) is 5.69 Å². The van der Waals surface area contributed by atoms with Crippen LogP contribution < -0.4 is 5.32 Å². The van der Waals surface area contributed by atoms with Gasteiger partial charge in [-0.3, -0.25) is 0 Å². The lowest BCUT2D eigenvalue weighted by atomic mass is 9.77. The van der Waals surface area contributed by atoms with Gasteiger partial charge in [0.25, 0.3) is 0 Å². The van der Waals surface area contributed by atoms with E-state index >= 15 is 0 Å². The second-order valence-corrected chi connectivity index (χ2v) is 13.5. The zero-order valence-corrected chi connectivity index (χ0v) is 29.1. The van der Waals surface area contributed by atoms with E-state index in [0.717, 1.165) is 27.8 Å². The lowest BCUT2D eigenvalue weighted by Crippen LogP contribution is -2.40. The van der Waals surface area contributed by atoms with E-state index in [0.29, 0.717) is 30.8 Å². The van der Waals surface area contributed by atoms with Crippen molar-refractivity contribution >= 4 is 34.1 Å². The van der Waals surface area contributed by atoms with Crippen molar-refractivity contribution in [3.63, 3.8) is 0 Å². The number of benzene rings is 5. The van der Waals surface area contributed by atoms with Gasteiger partial charge in [-0.25, -0.2) is 14.6 Å². The number of hydrogen-bond donors (Lipinski definition) is 2. The third-order valence-electron chi connectivity index (χ3n) is 9.39. The number of nitrogens with zero attached hydrogens (tertiary/aromatic N) is 2. The van der Waals surface area contributed by atoms with Gasteiger partial charge in [0.1, 0.15) is 11.2 Å². The number of oxime groups is 1. The topological polar surface area (TPSA) is 110 Å². The number of carboxylic acid groups (broad SMARTS) is 1. The first kappa shape index (κ1) is 34.4. The van der Waals surface area contributed by atoms with Gasteiger partial charge in [0, 0.05) is 18.2 Å². The van der Waals surface area contributed by atoms with Gasteiger partial charge in [0.15, 0.2) is 11.2 Å². The van der Waals surface area contributed by atoms with E-state index in [9.17, 15) is 14.7 Å². The zero-order chi connectivity index (χ0) is 35.8. The maximum Gasteiger partial charge on any atom is 0.360 e. The second-order valence-electron chi connectivity index (χ2n) is 12.7. The molecule has 1 aliphatic rings. The Labute approximate surface area is 306 Å². The SMILES string of the molecule is O=C(O)C(=NOC1(C(=O)OC(c2ccccc2)c2ccccc2)CCCC1)c1csc(NC(c2ccccc2)(c2ccccc2)c2ccccc2)n1. The van der Waals surface area contributed by atoms with Crippen LogP contribution in [0.15, 0.2) is 162 Å². The first-order valence-electron chi connectivity index (χ1n) is 17.2. The molecule has 2 N–H and O–H groups in total. The molecular formula is C43H37N3O5S. The van der Waals surface area contributed by atoms with Crippen LogP contribution in [-0.4, -0.2) is 33.3 Å². The van der Waals surface area contributed by atoms with E-state index in [1.54, 1.807) is 5.38 Å². The quantitative estimate of drug-likeness (QED) is 0.0534. The monoisotopic (exact) mass is 707 g/mol. The average molecular weight is 708 g/mol. The summed E-state index contributed by atoms with van der Waals surface area (Å²) in [6.45, 7) is 0. The van der Waals surface area contributed by atoms with Crippen molar-refractivity contribution in [2.45, 2.75) is 42.9 Å². The average Bonchev–Trinajstić information content (AvgIpc) is 3.88. The summed E-state index contributed by atoms with van der Waals surface area (Å²) in [5.41, 5.74) is 1.95. The summed E-state index contributed by atoms with van der Waals surface area (Å²) in [7, 11) is 0. The first-order valence-corrected chi connectivity index (χ1v) is 18.1. The molecule has 7 rings (SSSR count). The minimum absolute atomic E-state index is 0.107. The standard InChI is InChI=1S/C43H37N3O5S/c47-39(48)37(46-51-42(28-16-17-29-42)40(49)50-38(31-18-6-1-7-19-31)32-20-8-2-9-21-32)36-30-52-41(44-36)45-43(33-22-10-3-11-23-33,34-24-12-4-13-25-34)35-26-14-5-15-27-35/h1-15,18-27,30,38H,16-17,28-29H2,(H,44,45)(H,47,48). The molecule has 0 bridgehead atoms. The summed E-state index contributed by atoms with van der Waals surface area (Å²) < 4.78 is 6.19. The van der Waals surface area contributed by atoms with E-state index in [4.69, 9.17) is 14.6 Å². The van der Waals surface area contributed by atoms with Crippen LogP contribution in [0, 0.1) is 0 Å². The molecule has 1 aromatic heterocycles. The fourth-order valence-corrected chi connectivity index (χ4v) is 7.54. The summed E-state index contributed by atoms with van der Waals surface area (Å²) in [5.74, 6) is -1.92. The number of aromatic nitrogens is 1. The molecule has 0 atom stereocenters. The van der Waals surface area contributed by atoms with Gasteiger partial charge < -0.3 is 20.0 Å². The summed E-state index contributed by atoms with van der Waals surface area (Å²) in [5, 5.41) is 20.3. The van der Waals surface area contributed by atoms with Crippen molar-refractivity contribution in [2.24, 2.45) is 5.16 Å². The van der Waals surface area contributed by atoms with Crippen LogP contribution in [0.25, 0.3) is 0 Å². The van der Waals surface area contributed by atoms with Crippen molar-refractivity contribution in [1.29, 1.82) is 0 Å². The van der Waals surface area contributed by atoms with E-state index in [1.807, 2.05) is 115 Å². The van der Waals surface area contributed by atoms with Crippen LogP contribution in [0.1, 0.15) is 65.3 Å². The van der Waals surface area contributed by atoms with Gasteiger partial charge in [-0.1, -0.05) is 157 Å². The summed E-state index contributed by atoms with van der Waals surface area (Å²) in [6.07, 6.45) is 1.43. The Morgan fingerprint density at radius 2 is 1.15 bits per heavy atom. The van der Waals surface area contributed by atoms with Gasteiger partial charge in [-0.15, -0.1) is 11.3 Å². The molecule has 0 aliphatic heterocycles. The van der Waals surface area contributed by atoms with Crippen molar-refractivity contribution < 1.29 is 24.3 Å². The molecule has 1 heterocycles. The largest absolute Gasteiger partial charge is 0.476 e. The van der Waals surface area contributed by atoms with E-state index in [2.05, 4.69) is 46.9 Å². The van der Waals surface area contributed by atoms with E-state index in [1.165, 1.54) is 11.3 Å². The van der Waals surface area contributed by atoms with Crippen LogP contribution in [-0.2, 0) is 24.7 Å². The van der Waals surface area contributed by atoms with Crippen molar-refractivity contribution in [1.82, 2.24) is 4.98 Å². The van der Waals surface area contributed by atoms with Crippen LogP contribution in [0.2, 0.25) is 0 Å². The highest BCUT2D eigenvalue weighted by molar-refractivity contribution is 7.14. The molecule has 8 nitrogen and oxygen atoms in total. The fourth-order valence-electron chi connectivity index (χ4n) is 6.79. The lowest BCUT2D eigenvalue weighted by molar-refractivity contribution is -0.176. The maximum absolute atomic E-state index is 14.0. The highest BCUT2D eigenvalue weighted by atomic mass is 32.1. The normalized spacial score (nSPS) is 14.1. The molecule has 260 valence electrons. The molecule has 0 spiro atoms. The van der Waals surface area contributed by atoms with Gasteiger partial charge in [-0.05, 0) is 40.7 Å². The summed E-state index contributed by atoms with van der Waals surface area (Å²) >= 11 is 1.26. The molecule has 52 heavy (non-hydrogen) atoms. The molecule has 6 aromatic rings. The second kappa shape index (κ2) is 15.4. The number of carbonyl (C=O) groups excluding carboxylic acids is 1. The summed E-state index contributed by atoms with van der Waals surface area (Å²) in [4.78, 5) is 37.5. The third kappa shape index (κ3) is 7.08. The Balaban J connectivity index is 1.20. The first-order chi connectivity index (χ1) is 25.5. The molecule has 0 radical (unpaired) electrons. The molecule has 0 amide bonds. The third-order valence-corrected chi connectivity index (χ3v) is 10.1. The Morgan fingerprint density at radius 1 is 0.712 bits per heavy atom. The van der Waals surface area contributed by atoms with Crippen molar-refractivity contribution in [2.75, 3.05) is 5.32 Å². The maximum atomic E-state index is 14.0. The van der Waals surface area contributed by atoms with Crippen molar-refractivity contribution in [3.8, 4) is 0 Å². The molecule has 9 heteroatoms. The van der Waals surface area contributed by atoms with Crippen LogP contribution in [0.5, 0.6) is 0 Å². The number of carbonyl (C=O) groups is 2. The number of anilines is 1. The highest BCUT2D eigenvalue weighted by Gasteiger charge is 2.47. The number of thiazole rings is 1. The smallest absolute Gasteiger partial charge is 0.360 e. The predicted octanol–water partition coefficient (Wildman–Crippen LogP) is 9.00. The molecule has 0 saturated heterocycles. The van der Waals surface area contributed by atoms with Gasteiger partial charge in [-0.2, -0.15) is 0 Å². The molecular weight excluding hydrogens is 671 g/mol. The Hall–Kier alpha value is -6.06. The Morgan fingerprint density at radius 3 is 1.60 bits per heavy atom. The predicted molar refractivity (Wildman–Crippen MR) is 202 cm³/mol. The zero-order valence-electron chi connectivity index (χ0n) is 28.3. The number of carboxylic acids is 1. The Bertz CT molecular complexity index is 1980. The fraction of sp³-hybridized carbons (Fsp3) is 0.163. The van der Waals surface area contributed by atoms with Gasteiger partial charge in [0.05, 0.1) is 0 Å². The minimum atomic E-state index is -1.44. The van der Waals surface area contributed by atoms with Crippen LogP contribution in [0.3, 0.4) is 0 Å². The number of hydrogen-bond acceptors (Lipinski definition) is 8. The number of ether oxygens (including phenoxy) is 1. The van der Waals surface area contributed by atoms with Crippen molar-refractivity contribution in [3.05, 3.63) is 191 Å². The number of aliphatic carboxylic acids is 1. The molecule has 1 saturated carbocycles. The Kier molecular flexibility index (Phi) is 10.2. The summed E-state index contributed by atoms with van der Waals surface area (Å²) in [6, 6.07) is 49.2. The van der Waals surface area contributed by atoms with E-state index < -0.39 is 34.9 Å². The van der Waals surface area contributed by atoms with Crippen LogP contribution in [0.4, 0.5) is 5.13 Å². The molecule has 1 aliphatic carbocycles.